The molecule has 0 bridgehead atoms. The second-order valence-corrected chi connectivity index (χ2v) is 6.20. The Morgan fingerprint density at radius 3 is 2.72 bits per heavy atom. The Bertz CT molecular complexity index is 280. The van der Waals surface area contributed by atoms with E-state index in [0.29, 0.717) is 12.3 Å². The molecule has 2 rings (SSSR count). The van der Waals surface area contributed by atoms with Gasteiger partial charge in [-0.1, -0.05) is 26.2 Å². The molecule has 0 radical (unpaired) electrons. The van der Waals surface area contributed by atoms with Crippen LogP contribution >= 0.6 is 0 Å². The summed E-state index contributed by atoms with van der Waals surface area (Å²) in [6.07, 6.45) is 9.40. The SMILES string of the molecule is CCC1CCCC(N2CCCC(CC(=O)O)C2)C1. The molecule has 0 aromatic carbocycles. The Kier molecular flexibility index (Phi) is 5.04. The number of carboxylic acid groups (broad SMARTS) is 1. The highest BCUT2D eigenvalue weighted by molar-refractivity contribution is 5.67. The number of piperidine rings is 1. The third kappa shape index (κ3) is 3.71. The fourth-order valence-corrected chi connectivity index (χ4v) is 3.81. The van der Waals surface area contributed by atoms with Crippen LogP contribution < -0.4 is 0 Å². The van der Waals surface area contributed by atoms with Crippen LogP contribution in [0.1, 0.15) is 58.3 Å². The van der Waals surface area contributed by atoms with Crippen molar-refractivity contribution in [1.82, 2.24) is 4.90 Å². The van der Waals surface area contributed by atoms with Gasteiger partial charge in [-0.2, -0.15) is 0 Å². The average molecular weight is 253 g/mol. The van der Waals surface area contributed by atoms with Crippen LogP contribution in [0.3, 0.4) is 0 Å². The number of nitrogens with zero attached hydrogens (tertiary/aromatic N) is 1. The van der Waals surface area contributed by atoms with E-state index in [9.17, 15) is 4.79 Å². The van der Waals surface area contributed by atoms with Crippen LogP contribution in [-0.2, 0) is 4.79 Å². The number of hydrogen-bond acceptors (Lipinski definition) is 2. The molecule has 1 saturated heterocycles. The molecule has 1 N–H and O–H groups in total. The number of carbonyl (C=O) groups is 1. The van der Waals surface area contributed by atoms with Gasteiger partial charge >= 0.3 is 5.97 Å². The van der Waals surface area contributed by atoms with Gasteiger partial charge in [-0.3, -0.25) is 4.79 Å². The monoisotopic (exact) mass is 253 g/mol. The van der Waals surface area contributed by atoms with Gasteiger partial charge in [-0.25, -0.2) is 0 Å². The first-order valence-electron chi connectivity index (χ1n) is 7.65. The van der Waals surface area contributed by atoms with E-state index >= 15 is 0 Å². The van der Waals surface area contributed by atoms with Gasteiger partial charge in [0.15, 0.2) is 0 Å². The lowest BCUT2D eigenvalue weighted by atomic mass is 9.82. The zero-order valence-electron chi connectivity index (χ0n) is 11.6. The van der Waals surface area contributed by atoms with Crippen molar-refractivity contribution >= 4 is 5.97 Å². The van der Waals surface area contributed by atoms with E-state index in [1.807, 2.05) is 0 Å². The van der Waals surface area contributed by atoms with E-state index in [1.165, 1.54) is 45.1 Å². The zero-order valence-corrected chi connectivity index (χ0v) is 11.6. The van der Waals surface area contributed by atoms with Crippen molar-refractivity contribution in [2.75, 3.05) is 13.1 Å². The third-order valence-electron chi connectivity index (χ3n) is 4.86. The molecule has 104 valence electrons. The summed E-state index contributed by atoms with van der Waals surface area (Å²) in [5, 5.41) is 8.92. The highest BCUT2D eigenvalue weighted by atomic mass is 16.4. The highest BCUT2D eigenvalue weighted by Crippen LogP contribution is 2.32. The van der Waals surface area contributed by atoms with Crippen LogP contribution in [0.25, 0.3) is 0 Å². The van der Waals surface area contributed by atoms with Gasteiger partial charge in [0.05, 0.1) is 0 Å². The molecule has 1 saturated carbocycles. The highest BCUT2D eigenvalue weighted by Gasteiger charge is 2.30. The lowest BCUT2D eigenvalue weighted by molar-refractivity contribution is -0.138. The van der Waals surface area contributed by atoms with Gasteiger partial charge in [-0.15, -0.1) is 0 Å². The smallest absolute Gasteiger partial charge is 0.303 e. The molecule has 1 heterocycles. The van der Waals surface area contributed by atoms with Crippen LogP contribution in [0, 0.1) is 11.8 Å². The summed E-state index contributed by atoms with van der Waals surface area (Å²) < 4.78 is 0. The van der Waals surface area contributed by atoms with Gasteiger partial charge in [0, 0.05) is 19.0 Å². The van der Waals surface area contributed by atoms with Gasteiger partial charge in [0.1, 0.15) is 0 Å². The molecule has 0 amide bonds. The van der Waals surface area contributed by atoms with Crippen molar-refractivity contribution in [2.24, 2.45) is 11.8 Å². The second-order valence-electron chi connectivity index (χ2n) is 6.20. The molecule has 0 aromatic heterocycles. The second kappa shape index (κ2) is 6.55. The molecular formula is C15H27NO2. The van der Waals surface area contributed by atoms with Crippen LogP contribution in [0.2, 0.25) is 0 Å². The molecule has 0 spiro atoms. The zero-order chi connectivity index (χ0) is 13.0. The summed E-state index contributed by atoms with van der Waals surface area (Å²) in [6.45, 7) is 4.51. The summed E-state index contributed by atoms with van der Waals surface area (Å²) in [6, 6.07) is 0.736. The fraction of sp³-hybridized carbons (Fsp3) is 0.933. The van der Waals surface area contributed by atoms with Gasteiger partial charge in [-0.05, 0) is 44.1 Å². The average Bonchev–Trinajstić information content (AvgIpc) is 2.38. The molecule has 3 atom stereocenters. The maximum atomic E-state index is 10.8. The lowest BCUT2D eigenvalue weighted by Crippen LogP contribution is -2.45. The normalized spacial score (nSPS) is 34.4. The summed E-state index contributed by atoms with van der Waals surface area (Å²) in [4.78, 5) is 13.4. The molecule has 3 heteroatoms. The topological polar surface area (TPSA) is 40.5 Å². The first-order valence-corrected chi connectivity index (χ1v) is 7.65. The Labute approximate surface area is 111 Å². The van der Waals surface area contributed by atoms with Gasteiger partial charge < -0.3 is 10.0 Å². The van der Waals surface area contributed by atoms with Crippen molar-refractivity contribution in [3.05, 3.63) is 0 Å². The van der Waals surface area contributed by atoms with E-state index in [0.717, 1.165) is 24.9 Å². The summed E-state index contributed by atoms with van der Waals surface area (Å²) >= 11 is 0. The fourth-order valence-electron chi connectivity index (χ4n) is 3.81. The number of likely N-dealkylation sites (tertiary alicyclic amines) is 1. The first-order chi connectivity index (χ1) is 8.69. The van der Waals surface area contributed by atoms with E-state index in [2.05, 4.69) is 11.8 Å². The lowest BCUT2D eigenvalue weighted by Gasteiger charge is -2.41. The summed E-state index contributed by atoms with van der Waals surface area (Å²) in [7, 11) is 0. The molecule has 3 nitrogen and oxygen atoms in total. The van der Waals surface area contributed by atoms with E-state index < -0.39 is 5.97 Å². The van der Waals surface area contributed by atoms with Crippen molar-refractivity contribution in [1.29, 1.82) is 0 Å². The summed E-state index contributed by atoms with van der Waals surface area (Å²) in [5.41, 5.74) is 0. The molecule has 2 fully saturated rings. The number of aliphatic carboxylic acids is 1. The minimum atomic E-state index is -0.628. The van der Waals surface area contributed by atoms with Crippen molar-refractivity contribution in [2.45, 2.75) is 64.3 Å². The maximum absolute atomic E-state index is 10.8. The minimum absolute atomic E-state index is 0.362. The minimum Gasteiger partial charge on any atom is -0.481 e. The molecule has 1 aliphatic carbocycles. The summed E-state index contributed by atoms with van der Waals surface area (Å²) in [5.74, 6) is 0.666. The number of rotatable bonds is 4. The Hall–Kier alpha value is -0.570. The Morgan fingerprint density at radius 1 is 1.22 bits per heavy atom. The molecular weight excluding hydrogens is 226 g/mol. The van der Waals surface area contributed by atoms with Crippen molar-refractivity contribution in [3.63, 3.8) is 0 Å². The molecule has 18 heavy (non-hydrogen) atoms. The third-order valence-corrected chi connectivity index (χ3v) is 4.86. The standard InChI is InChI=1S/C15H27NO2/c1-2-12-5-3-7-14(9-12)16-8-4-6-13(11-16)10-15(17)18/h12-14H,2-11H2,1H3,(H,17,18). The Morgan fingerprint density at radius 2 is 2.00 bits per heavy atom. The van der Waals surface area contributed by atoms with Crippen LogP contribution in [0.4, 0.5) is 0 Å². The van der Waals surface area contributed by atoms with Crippen molar-refractivity contribution < 1.29 is 9.90 Å². The Balaban J connectivity index is 1.85. The quantitative estimate of drug-likeness (QED) is 0.836. The van der Waals surface area contributed by atoms with Crippen LogP contribution in [-0.4, -0.2) is 35.1 Å². The van der Waals surface area contributed by atoms with Crippen LogP contribution in [0.15, 0.2) is 0 Å². The number of carboxylic acids is 1. The first kappa shape index (κ1) is 13.9. The maximum Gasteiger partial charge on any atom is 0.303 e. The van der Waals surface area contributed by atoms with E-state index in [1.54, 1.807) is 0 Å². The van der Waals surface area contributed by atoms with Crippen LogP contribution in [0.5, 0.6) is 0 Å². The van der Waals surface area contributed by atoms with Gasteiger partial charge in [0.2, 0.25) is 0 Å². The predicted molar refractivity (Wildman–Crippen MR) is 72.6 cm³/mol. The van der Waals surface area contributed by atoms with E-state index in [4.69, 9.17) is 5.11 Å². The molecule has 0 aromatic rings. The molecule has 2 aliphatic rings. The van der Waals surface area contributed by atoms with E-state index in [-0.39, 0.29) is 0 Å². The molecule has 1 aliphatic heterocycles. The number of hydrogen-bond donors (Lipinski definition) is 1. The largest absolute Gasteiger partial charge is 0.481 e. The predicted octanol–water partition coefficient (Wildman–Crippen LogP) is 3.14. The van der Waals surface area contributed by atoms with Crippen molar-refractivity contribution in [3.8, 4) is 0 Å². The van der Waals surface area contributed by atoms with Gasteiger partial charge in [0.25, 0.3) is 0 Å². The molecule has 3 unspecified atom stereocenters.